The third kappa shape index (κ3) is 3.39. The molecule has 0 aliphatic rings. The van der Waals surface area contributed by atoms with E-state index in [1.165, 1.54) is 6.07 Å². The minimum atomic E-state index is -0.972. The second kappa shape index (κ2) is 6.31. The zero-order chi connectivity index (χ0) is 13.0. The van der Waals surface area contributed by atoms with Crippen LogP contribution < -0.4 is 5.32 Å². The number of hydrogen-bond donors (Lipinski definition) is 3. The number of nitriles is 1. The van der Waals surface area contributed by atoms with Crippen molar-refractivity contribution in [3.05, 3.63) is 26.4 Å². The van der Waals surface area contributed by atoms with Gasteiger partial charge in [0.05, 0.1) is 22.9 Å². The largest absolute Gasteiger partial charge is 0.394 e. The third-order valence-electron chi connectivity index (χ3n) is 2.01. The Morgan fingerprint density at radius 3 is 2.65 bits per heavy atom. The lowest BCUT2D eigenvalue weighted by molar-refractivity contribution is 0.105. The molecular formula is C10H9Br2FN2O2. The van der Waals surface area contributed by atoms with Crippen LogP contribution in [0.5, 0.6) is 0 Å². The molecule has 0 fully saturated rings. The molecule has 1 aromatic rings. The summed E-state index contributed by atoms with van der Waals surface area (Å²) in [5, 5.41) is 29.4. The first-order chi connectivity index (χ1) is 8.01. The summed E-state index contributed by atoms with van der Waals surface area (Å²) in [6.07, 6.45) is -0.972. The van der Waals surface area contributed by atoms with Gasteiger partial charge in [-0.3, -0.25) is 0 Å². The maximum absolute atomic E-state index is 13.6. The summed E-state index contributed by atoms with van der Waals surface area (Å²) in [5.41, 5.74) is 0.0945. The highest BCUT2D eigenvalue weighted by atomic mass is 79.9. The van der Waals surface area contributed by atoms with Gasteiger partial charge in [-0.25, -0.2) is 4.39 Å². The van der Waals surface area contributed by atoms with Gasteiger partial charge in [-0.15, -0.1) is 0 Å². The fourth-order valence-electron chi connectivity index (χ4n) is 1.16. The van der Waals surface area contributed by atoms with Crippen LogP contribution in [0.3, 0.4) is 0 Å². The van der Waals surface area contributed by atoms with E-state index in [1.54, 1.807) is 6.07 Å². The second-order valence-electron chi connectivity index (χ2n) is 3.23. The lowest BCUT2D eigenvalue weighted by Crippen LogP contribution is -2.23. The van der Waals surface area contributed by atoms with Crippen molar-refractivity contribution in [1.82, 2.24) is 0 Å². The molecule has 0 saturated carbocycles. The van der Waals surface area contributed by atoms with Crippen molar-refractivity contribution < 1.29 is 14.6 Å². The van der Waals surface area contributed by atoms with E-state index in [9.17, 15) is 9.50 Å². The molecule has 0 aromatic heterocycles. The number of hydrogen-bond acceptors (Lipinski definition) is 4. The average molecular weight is 368 g/mol. The van der Waals surface area contributed by atoms with Gasteiger partial charge in [0.1, 0.15) is 11.6 Å². The van der Waals surface area contributed by atoms with Crippen molar-refractivity contribution in [2.45, 2.75) is 6.10 Å². The number of nitrogens with one attached hydrogen (secondary N) is 1. The molecule has 0 aliphatic heterocycles. The first-order valence-corrected chi connectivity index (χ1v) is 6.20. The smallest absolute Gasteiger partial charge is 0.157 e. The van der Waals surface area contributed by atoms with Crippen LogP contribution in [0.15, 0.2) is 15.0 Å². The Morgan fingerprint density at radius 1 is 1.47 bits per heavy atom. The van der Waals surface area contributed by atoms with E-state index >= 15 is 0 Å². The number of aliphatic hydroxyl groups excluding tert-OH is 2. The Balaban J connectivity index is 3.07. The molecule has 0 spiro atoms. The van der Waals surface area contributed by atoms with Crippen molar-refractivity contribution in [3.8, 4) is 6.07 Å². The van der Waals surface area contributed by atoms with Gasteiger partial charge in [-0.2, -0.15) is 5.26 Å². The van der Waals surface area contributed by atoms with Gasteiger partial charge in [-0.1, -0.05) is 0 Å². The lowest BCUT2D eigenvalue weighted by atomic mass is 10.2. The summed E-state index contributed by atoms with van der Waals surface area (Å²) in [7, 11) is 0. The summed E-state index contributed by atoms with van der Waals surface area (Å²) < 4.78 is 14.3. The molecule has 7 heteroatoms. The van der Waals surface area contributed by atoms with E-state index in [4.69, 9.17) is 10.4 Å². The number of anilines is 1. The molecule has 3 N–H and O–H groups in total. The Hall–Kier alpha value is -0.680. The second-order valence-corrected chi connectivity index (χ2v) is 4.94. The third-order valence-corrected chi connectivity index (χ3v) is 3.21. The van der Waals surface area contributed by atoms with Crippen molar-refractivity contribution >= 4 is 37.5 Å². The fourth-order valence-corrected chi connectivity index (χ4v) is 2.46. The maximum atomic E-state index is 13.6. The standard InChI is InChI=1S/C10H9Br2FN2O2/c11-7-1-8(12)10(6(2-14)9(7)13)15-3-5(17)4-16/h1,5,15-17H,3-4H2. The topological polar surface area (TPSA) is 76.3 Å². The van der Waals surface area contributed by atoms with E-state index in [0.29, 0.717) is 4.47 Å². The molecule has 1 rings (SSSR count). The highest BCUT2D eigenvalue weighted by molar-refractivity contribution is 9.11. The van der Waals surface area contributed by atoms with E-state index < -0.39 is 18.5 Å². The van der Waals surface area contributed by atoms with Crippen molar-refractivity contribution in [2.75, 3.05) is 18.5 Å². The average Bonchev–Trinajstić information content (AvgIpc) is 2.31. The van der Waals surface area contributed by atoms with Crippen LogP contribution in [0.1, 0.15) is 5.56 Å². The van der Waals surface area contributed by atoms with Crippen LogP contribution in [-0.2, 0) is 0 Å². The maximum Gasteiger partial charge on any atom is 0.157 e. The number of halogens is 3. The first kappa shape index (κ1) is 14.4. The van der Waals surface area contributed by atoms with Gasteiger partial charge >= 0.3 is 0 Å². The van der Waals surface area contributed by atoms with Gasteiger partial charge in [0, 0.05) is 11.0 Å². The molecule has 1 atom stereocenters. The van der Waals surface area contributed by atoms with Gasteiger partial charge in [0.2, 0.25) is 0 Å². The summed E-state index contributed by atoms with van der Waals surface area (Å²) in [6, 6.07) is 3.21. The predicted octanol–water partition coefficient (Wildman–Crippen LogP) is 1.99. The summed E-state index contributed by atoms with van der Waals surface area (Å²) in [4.78, 5) is 0. The normalized spacial score (nSPS) is 12.0. The Kier molecular flexibility index (Phi) is 5.33. The van der Waals surface area contributed by atoms with Crippen molar-refractivity contribution in [2.24, 2.45) is 0 Å². The van der Waals surface area contributed by atoms with Crippen molar-refractivity contribution in [1.29, 1.82) is 5.26 Å². The van der Waals surface area contributed by atoms with Gasteiger partial charge in [0.25, 0.3) is 0 Å². The lowest BCUT2D eigenvalue weighted by Gasteiger charge is -2.14. The quantitative estimate of drug-likeness (QED) is 0.711. The monoisotopic (exact) mass is 366 g/mol. The molecule has 4 nitrogen and oxygen atoms in total. The molecule has 0 heterocycles. The number of aliphatic hydroxyl groups is 2. The van der Waals surface area contributed by atoms with Gasteiger partial charge in [0.15, 0.2) is 5.82 Å². The molecule has 17 heavy (non-hydrogen) atoms. The van der Waals surface area contributed by atoms with Gasteiger partial charge < -0.3 is 15.5 Å². The van der Waals surface area contributed by atoms with E-state index in [1.807, 2.05) is 0 Å². The van der Waals surface area contributed by atoms with Crippen LogP contribution in [0.25, 0.3) is 0 Å². The van der Waals surface area contributed by atoms with E-state index in [2.05, 4.69) is 37.2 Å². The van der Waals surface area contributed by atoms with Crippen LogP contribution in [0.4, 0.5) is 10.1 Å². The van der Waals surface area contributed by atoms with Crippen LogP contribution >= 0.6 is 31.9 Å². The Morgan fingerprint density at radius 2 is 2.12 bits per heavy atom. The first-order valence-electron chi connectivity index (χ1n) is 4.61. The highest BCUT2D eigenvalue weighted by Gasteiger charge is 2.16. The molecule has 0 aliphatic carbocycles. The van der Waals surface area contributed by atoms with E-state index in [0.717, 1.165) is 0 Å². The number of rotatable bonds is 4. The molecule has 1 unspecified atom stereocenters. The summed E-state index contributed by atoms with van der Waals surface area (Å²) in [6.45, 7) is -0.392. The van der Waals surface area contributed by atoms with Crippen LogP contribution in [0, 0.1) is 17.1 Å². The number of nitrogens with zero attached hydrogens (tertiary/aromatic N) is 1. The minimum absolute atomic E-state index is 0.0187. The predicted molar refractivity (Wildman–Crippen MR) is 68.1 cm³/mol. The zero-order valence-electron chi connectivity index (χ0n) is 8.54. The molecule has 0 amide bonds. The fraction of sp³-hybridized carbons (Fsp3) is 0.300. The highest BCUT2D eigenvalue weighted by Crippen LogP contribution is 2.33. The molecule has 1 aromatic carbocycles. The number of benzene rings is 1. The molecule has 0 bridgehead atoms. The minimum Gasteiger partial charge on any atom is -0.394 e. The van der Waals surface area contributed by atoms with Crippen LogP contribution in [-0.4, -0.2) is 29.5 Å². The van der Waals surface area contributed by atoms with E-state index in [-0.39, 0.29) is 22.3 Å². The SMILES string of the molecule is N#Cc1c(F)c(Br)cc(Br)c1NCC(O)CO. The van der Waals surface area contributed by atoms with Crippen molar-refractivity contribution in [3.63, 3.8) is 0 Å². The zero-order valence-corrected chi connectivity index (χ0v) is 11.7. The molecule has 0 radical (unpaired) electrons. The molecular weight excluding hydrogens is 359 g/mol. The molecule has 92 valence electrons. The molecule has 0 saturated heterocycles. The Bertz CT molecular complexity index is 463. The van der Waals surface area contributed by atoms with Crippen LogP contribution in [0.2, 0.25) is 0 Å². The summed E-state index contributed by atoms with van der Waals surface area (Å²) in [5.74, 6) is -0.670. The van der Waals surface area contributed by atoms with Gasteiger partial charge in [-0.05, 0) is 37.9 Å². The summed E-state index contributed by atoms with van der Waals surface area (Å²) >= 11 is 6.18. The Labute approximate surface area is 114 Å².